The molecule has 16 heavy (non-hydrogen) atoms. The molecule has 0 aromatic heterocycles. The maximum atomic E-state index is 13.1. The quantitative estimate of drug-likeness (QED) is 0.451. The number of hydrogen-bond donors (Lipinski definition) is 2. The van der Waals surface area contributed by atoms with Crippen molar-refractivity contribution in [3.63, 3.8) is 0 Å². The molecule has 1 unspecified atom stereocenters. The summed E-state index contributed by atoms with van der Waals surface area (Å²) in [4.78, 5) is 22.0. The van der Waals surface area contributed by atoms with Gasteiger partial charge in [0.25, 0.3) is 0 Å². The molecule has 0 heterocycles. The first-order chi connectivity index (χ1) is 7.47. The summed E-state index contributed by atoms with van der Waals surface area (Å²) in [5, 5.41) is 8.83. The fraction of sp³-hybridized carbons (Fsp3) is 0.200. The van der Waals surface area contributed by atoms with E-state index in [-0.39, 0.29) is 11.3 Å². The minimum Gasteiger partial charge on any atom is -0.480 e. The number of carbonyl (C=O) groups is 2. The second-order valence-electron chi connectivity index (χ2n) is 3.08. The molecule has 0 aliphatic heterocycles. The molecule has 1 aromatic rings. The molecular weight excluding hydrogens is 217 g/mol. The van der Waals surface area contributed by atoms with Gasteiger partial charge in [0.1, 0.15) is 5.82 Å². The third-order valence-electron chi connectivity index (χ3n) is 2.04. The Bertz CT molecular complexity index is 433. The summed E-state index contributed by atoms with van der Waals surface area (Å²) >= 11 is 0. The van der Waals surface area contributed by atoms with E-state index in [9.17, 15) is 14.0 Å². The number of rotatable bonds is 3. The summed E-state index contributed by atoms with van der Waals surface area (Å²) in [6.45, 7) is 0. The molecular formula is C10H10FNO4. The van der Waals surface area contributed by atoms with Gasteiger partial charge in [-0.25, -0.2) is 4.39 Å². The van der Waals surface area contributed by atoms with E-state index in [4.69, 9.17) is 10.8 Å². The van der Waals surface area contributed by atoms with Crippen LogP contribution in [0, 0.1) is 5.82 Å². The number of ether oxygens (including phenoxy) is 1. The zero-order valence-electron chi connectivity index (χ0n) is 8.44. The largest absolute Gasteiger partial charge is 0.480 e. The van der Waals surface area contributed by atoms with Crippen LogP contribution < -0.4 is 5.73 Å². The van der Waals surface area contributed by atoms with Crippen molar-refractivity contribution in [3.05, 3.63) is 29.6 Å². The van der Waals surface area contributed by atoms with E-state index >= 15 is 0 Å². The van der Waals surface area contributed by atoms with Crippen molar-refractivity contribution in [3.8, 4) is 0 Å². The Balaban J connectivity index is 3.16. The number of halogens is 1. The van der Waals surface area contributed by atoms with Crippen LogP contribution in [0.2, 0.25) is 0 Å². The highest BCUT2D eigenvalue weighted by Gasteiger charge is 2.29. The molecule has 0 bridgehead atoms. The first-order valence-electron chi connectivity index (χ1n) is 4.33. The zero-order chi connectivity index (χ0) is 12.3. The number of carboxylic acids is 1. The lowest BCUT2D eigenvalue weighted by molar-refractivity contribution is -0.152. The van der Waals surface area contributed by atoms with E-state index in [2.05, 4.69) is 4.74 Å². The number of aliphatic carboxylic acids is 1. The number of hydrogen-bond acceptors (Lipinski definition) is 4. The second kappa shape index (κ2) is 4.61. The van der Waals surface area contributed by atoms with Gasteiger partial charge in [-0.2, -0.15) is 0 Å². The average Bonchev–Trinajstić information content (AvgIpc) is 2.22. The number of nitrogens with two attached hydrogens (primary N) is 1. The fourth-order valence-corrected chi connectivity index (χ4v) is 1.22. The monoisotopic (exact) mass is 227 g/mol. The summed E-state index contributed by atoms with van der Waals surface area (Å²) in [7, 11) is 1.06. The van der Waals surface area contributed by atoms with E-state index in [1.54, 1.807) is 0 Å². The van der Waals surface area contributed by atoms with Gasteiger partial charge >= 0.3 is 11.9 Å². The SMILES string of the molecule is COC(=O)C(C(=O)O)c1ccc(N)c(F)c1. The topological polar surface area (TPSA) is 89.6 Å². The van der Waals surface area contributed by atoms with E-state index < -0.39 is 23.7 Å². The first kappa shape index (κ1) is 12.0. The normalized spacial score (nSPS) is 11.9. The van der Waals surface area contributed by atoms with Gasteiger partial charge in [0, 0.05) is 0 Å². The number of anilines is 1. The van der Waals surface area contributed by atoms with Gasteiger partial charge in [0.2, 0.25) is 0 Å². The number of benzene rings is 1. The van der Waals surface area contributed by atoms with Crippen LogP contribution in [0.4, 0.5) is 10.1 Å². The van der Waals surface area contributed by atoms with Crippen LogP contribution in [0.5, 0.6) is 0 Å². The summed E-state index contributed by atoms with van der Waals surface area (Å²) in [5.74, 6) is -4.68. The van der Waals surface area contributed by atoms with E-state index in [0.29, 0.717) is 0 Å². The molecule has 0 aliphatic carbocycles. The van der Waals surface area contributed by atoms with Crippen LogP contribution in [-0.4, -0.2) is 24.2 Å². The predicted octanol–water partition coefficient (Wildman–Crippen LogP) is 0.749. The van der Waals surface area contributed by atoms with Crippen LogP contribution in [-0.2, 0) is 14.3 Å². The lowest BCUT2D eigenvalue weighted by Gasteiger charge is -2.10. The standard InChI is InChI=1S/C10H10FNO4/c1-16-10(15)8(9(13)14)5-2-3-7(12)6(11)4-5/h2-4,8H,12H2,1H3,(H,13,14). The van der Waals surface area contributed by atoms with Gasteiger partial charge in [0.15, 0.2) is 5.92 Å². The van der Waals surface area contributed by atoms with E-state index in [1.807, 2.05) is 0 Å². The van der Waals surface area contributed by atoms with Gasteiger partial charge in [-0.15, -0.1) is 0 Å². The van der Waals surface area contributed by atoms with Gasteiger partial charge in [0.05, 0.1) is 12.8 Å². The van der Waals surface area contributed by atoms with Crippen LogP contribution in [0.3, 0.4) is 0 Å². The maximum absolute atomic E-state index is 13.1. The van der Waals surface area contributed by atoms with Crippen molar-refractivity contribution in [2.75, 3.05) is 12.8 Å². The Morgan fingerprint density at radius 1 is 1.50 bits per heavy atom. The Kier molecular flexibility index (Phi) is 3.44. The number of esters is 1. The predicted molar refractivity (Wildman–Crippen MR) is 53.2 cm³/mol. The summed E-state index contributed by atoms with van der Waals surface area (Å²) in [5.41, 5.74) is 5.11. The first-order valence-corrected chi connectivity index (χ1v) is 4.33. The molecule has 6 heteroatoms. The molecule has 86 valence electrons. The Morgan fingerprint density at radius 2 is 2.12 bits per heavy atom. The van der Waals surface area contributed by atoms with Crippen LogP contribution >= 0.6 is 0 Å². The van der Waals surface area contributed by atoms with Crippen molar-refractivity contribution in [2.24, 2.45) is 0 Å². The van der Waals surface area contributed by atoms with E-state index in [0.717, 1.165) is 13.2 Å². The Labute approximate surface area is 90.6 Å². The lowest BCUT2D eigenvalue weighted by Crippen LogP contribution is -2.23. The summed E-state index contributed by atoms with van der Waals surface area (Å²) < 4.78 is 17.4. The molecule has 3 N–H and O–H groups in total. The van der Waals surface area contributed by atoms with Gasteiger partial charge in [-0.05, 0) is 17.7 Å². The molecule has 0 amide bonds. The van der Waals surface area contributed by atoms with Crippen molar-refractivity contribution in [1.82, 2.24) is 0 Å². The van der Waals surface area contributed by atoms with Crippen molar-refractivity contribution < 1.29 is 23.8 Å². The molecule has 0 fully saturated rings. The molecule has 0 radical (unpaired) electrons. The Morgan fingerprint density at radius 3 is 2.56 bits per heavy atom. The number of carbonyl (C=O) groups excluding carboxylic acids is 1. The van der Waals surface area contributed by atoms with Gasteiger partial charge in [-0.1, -0.05) is 6.07 Å². The molecule has 0 saturated heterocycles. The average molecular weight is 227 g/mol. The highest BCUT2D eigenvalue weighted by atomic mass is 19.1. The molecule has 1 aromatic carbocycles. The van der Waals surface area contributed by atoms with Crippen LogP contribution in [0.25, 0.3) is 0 Å². The summed E-state index contributed by atoms with van der Waals surface area (Å²) in [6.07, 6.45) is 0. The number of nitrogen functional groups attached to an aromatic ring is 1. The van der Waals surface area contributed by atoms with Crippen molar-refractivity contribution in [2.45, 2.75) is 5.92 Å². The Hall–Kier alpha value is -2.11. The second-order valence-corrected chi connectivity index (χ2v) is 3.08. The molecule has 0 aliphatic rings. The summed E-state index contributed by atoms with van der Waals surface area (Å²) in [6, 6.07) is 3.38. The molecule has 0 spiro atoms. The van der Waals surface area contributed by atoms with Crippen LogP contribution in [0.15, 0.2) is 18.2 Å². The number of carboxylic acid groups (broad SMARTS) is 1. The third kappa shape index (κ3) is 2.28. The fourth-order valence-electron chi connectivity index (χ4n) is 1.22. The van der Waals surface area contributed by atoms with Crippen molar-refractivity contribution in [1.29, 1.82) is 0 Å². The molecule has 1 rings (SSSR count). The van der Waals surface area contributed by atoms with Gasteiger partial charge in [-0.3, -0.25) is 9.59 Å². The highest BCUT2D eigenvalue weighted by molar-refractivity contribution is 5.99. The van der Waals surface area contributed by atoms with Crippen molar-refractivity contribution >= 4 is 17.6 Å². The number of methoxy groups -OCH3 is 1. The minimum atomic E-state index is -1.54. The van der Waals surface area contributed by atoms with Gasteiger partial charge < -0.3 is 15.6 Å². The van der Waals surface area contributed by atoms with E-state index in [1.165, 1.54) is 12.1 Å². The maximum Gasteiger partial charge on any atom is 0.324 e. The smallest absolute Gasteiger partial charge is 0.324 e. The highest BCUT2D eigenvalue weighted by Crippen LogP contribution is 2.21. The molecule has 5 nitrogen and oxygen atoms in total. The molecule has 1 atom stereocenters. The van der Waals surface area contributed by atoms with Crippen LogP contribution in [0.1, 0.15) is 11.5 Å². The lowest BCUT2D eigenvalue weighted by atomic mass is 9.99. The zero-order valence-corrected chi connectivity index (χ0v) is 8.44. The minimum absolute atomic E-state index is 0.00829. The third-order valence-corrected chi connectivity index (χ3v) is 2.04. The molecule has 0 saturated carbocycles.